The molecule has 0 spiro atoms. The molecule has 108 valence electrons. The van der Waals surface area contributed by atoms with Crippen molar-refractivity contribution in [1.82, 2.24) is 4.98 Å². The van der Waals surface area contributed by atoms with Crippen molar-refractivity contribution in [3.05, 3.63) is 32.3 Å². The van der Waals surface area contributed by atoms with Crippen molar-refractivity contribution < 1.29 is 13.2 Å². The molecule has 1 aromatic carbocycles. The van der Waals surface area contributed by atoms with Gasteiger partial charge in [-0.2, -0.15) is 0 Å². The van der Waals surface area contributed by atoms with Crippen LogP contribution in [-0.2, 0) is 10.0 Å². The number of aromatic nitrogens is 1. The minimum absolute atomic E-state index is 0.000603. The lowest BCUT2D eigenvalue weighted by Crippen LogP contribution is -2.12. The van der Waals surface area contributed by atoms with E-state index in [-0.39, 0.29) is 14.4 Å². The molecule has 0 saturated heterocycles. The minimum atomic E-state index is -3.80. The third-order valence-electron chi connectivity index (χ3n) is 2.18. The molecule has 1 N–H and O–H groups in total. The summed E-state index contributed by atoms with van der Waals surface area (Å²) in [7, 11) is -2.37. The van der Waals surface area contributed by atoms with Crippen LogP contribution in [0.1, 0.15) is 0 Å². The molecule has 0 aliphatic heterocycles. The Kier molecular flexibility index (Phi) is 4.80. The summed E-state index contributed by atoms with van der Waals surface area (Å²) >= 11 is 15.7. The Hall–Kier alpha value is -0.540. The molecule has 5 nitrogen and oxygen atoms in total. The maximum absolute atomic E-state index is 12.2. The number of hydrogen-bond acceptors (Lipinski definition) is 5. The zero-order chi connectivity index (χ0) is 14.9. The van der Waals surface area contributed by atoms with Gasteiger partial charge in [-0.1, -0.05) is 34.5 Å². The zero-order valence-electron chi connectivity index (χ0n) is 9.85. The van der Waals surface area contributed by atoms with Gasteiger partial charge in [0.25, 0.3) is 10.0 Å². The van der Waals surface area contributed by atoms with Crippen molar-refractivity contribution >= 4 is 66.2 Å². The molecule has 20 heavy (non-hydrogen) atoms. The van der Waals surface area contributed by atoms with Crippen molar-refractivity contribution in [2.24, 2.45) is 0 Å². The molecule has 0 radical (unpaired) electrons. The van der Waals surface area contributed by atoms with E-state index in [1.807, 2.05) is 0 Å². The fourth-order valence-corrected chi connectivity index (χ4v) is 4.72. The Morgan fingerprint density at radius 1 is 1.40 bits per heavy atom. The summed E-state index contributed by atoms with van der Waals surface area (Å²) in [5.74, 6) is 0.327. The number of thiazole rings is 1. The largest absolute Gasteiger partial charge is 0.493 e. The Bertz CT molecular complexity index is 749. The van der Waals surface area contributed by atoms with E-state index in [0.29, 0.717) is 15.2 Å². The lowest BCUT2D eigenvalue weighted by Gasteiger charge is -2.12. The lowest BCUT2D eigenvalue weighted by atomic mass is 10.3. The van der Waals surface area contributed by atoms with Gasteiger partial charge < -0.3 is 4.74 Å². The van der Waals surface area contributed by atoms with Crippen molar-refractivity contribution in [3.63, 3.8) is 0 Å². The maximum Gasteiger partial charge on any atom is 0.273 e. The van der Waals surface area contributed by atoms with Gasteiger partial charge in [0.05, 0.1) is 23.5 Å². The Morgan fingerprint density at radius 2 is 2.10 bits per heavy atom. The molecule has 2 rings (SSSR count). The first-order valence-electron chi connectivity index (χ1n) is 5.00. The van der Waals surface area contributed by atoms with Crippen LogP contribution in [0.2, 0.25) is 9.49 Å². The molecule has 0 atom stereocenters. The zero-order valence-corrected chi connectivity index (χ0v) is 14.6. The summed E-state index contributed by atoms with van der Waals surface area (Å²) in [5, 5.41) is 0.359. The van der Waals surface area contributed by atoms with E-state index >= 15 is 0 Å². The summed E-state index contributed by atoms with van der Waals surface area (Å²) in [6.07, 6.45) is 1.18. The predicted molar refractivity (Wildman–Crippen MR) is 83.6 cm³/mol. The average molecular weight is 418 g/mol. The van der Waals surface area contributed by atoms with E-state index in [9.17, 15) is 8.42 Å². The Balaban J connectivity index is 2.44. The number of ether oxygens (including phenoxy) is 1. The number of sulfonamides is 1. The predicted octanol–water partition coefficient (Wildman–Crippen LogP) is 4.02. The van der Waals surface area contributed by atoms with E-state index in [1.54, 1.807) is 6.07 Å². The fraction of sp³-hybridized carbons (Fsp3) is 0.100. The van der Waals surface area contributed by atoms with Crippen LogP contribution in [0.3, 0.4) is 0 Å². The van der Waals surface area contributed by atoms with Gasteiger partial charge >= 0.3 is 0 Å². The second-order valence-corrected chi connectivity index (χ2v) is 8.32. The summed E-state index contributed by atoms with van der Waals surface area (Å²) in [5.41, 5.74) is 0.219. The highest BCUT2D eigenvalue weighted by Gasteiger charge is 2.21. The molecular weight excluding hydrogens is 411 g/mol. The van der Waals surface area contributed by atoms with Gasteiger partial charge in [0.1, 0.15) is 0 Å². The second kappa shape index (κ2) is 6.07. The van der Waals surface area contributed by atoms with E-state index in [1.165, 1.54) is 19.4 Å². The molecule has 0 unspecified atom stereocenters. The van der Waals surface area contributed by atoms with Crippen molar-refractivity contribution in [2.75, 3.05) is 11.8 Å². The SMILES string of the molecule is COc1c(Br)cc(Cl)cc1NS(=O)(=O)c1cnc(Cl)s1. The molecule has 0 aliphatic carbocycles. The summed E-state index contributed by atoms with van der Waals surface area (Å²) in [4.78, 5) is 3.70. The average Bonchev–Trinajstić information content (AvgIpc) is 2.75. The number of nitrogens with one attached hydrogen (secondary N) is 1. The van der Waals surface area contributed by atoms with Crippen molar-refractivity contribution in [1.29, 1.82) is 0 Å². The molecule has 2 aromatic rings. The first-order valence-corrected chi connectivity index (χ1v) is 8.85. The lowest BCUT2D eigenvalue weighted by molar-refractivity contribution is 0.414. The van der Waals surface area contributed by atoms with Gasteiger partial charge in [0, 0.05) is 5.02 Å². The maximum atomic E-state index is 12.2. The van der Waals surface area contributed by atoms with E-state index in [0.717, 1.165) is 11.3 Å². The number of hydrogen-bond donors (Lipinski definition) is 1. The number of anilines is 1. The third-order valence-corrected chi connectivity index (χ3v) is 5.93. The van der Waals surface area contributed by atoms with Crippen LogP contribution in [0.25, 0.3) is 0 Å². The van der Waals surface area contributed by atoms with Crippen molar-refractivity contribution in [2.45, 2.75) is 4.21 Å². The Morgan fingerprint density at radius 3 is 2.65 bits per heavy atom. The van der Waals surface area contributed by atoms with E-state index in [2.05, 4.69) is 25.6 Å². The number of halogens is 3. The highest BCUT2D eigenvalue weighted by atomic mass is 79.9. The number of rotatable bonds is 4. The number of methoxy groups -OCH3 is 1. The standard InChI is InChI=1S/C10H7BrCl2N2O3S2/c1-18-9-6(11)2-5(12)3-7(9)15-20(16,17)8-4-14-10(13)19-8/h2-4,15H,1H3. The molecule has 10 heteroatoms. The van der Waals surface area contributed by atoms with Gasteiger partial charge in [-0.15, -0.1) is 0 Å². The van der Waals surface area contributed by atoms with Gasteiger partial charge in [-0.05, 0) is 28.1 Å². The highest BCUT2D eigenvalue weighted by Crippen LogP contribution is 2.37. The van der Waals surface area contributed by atoms with Crippen LogP contribution in [0.15, 0.2) is 27.0 Å². The van der Waals surface area contributed by atoms with E-state index in [4.69, 9.17) is 27.9 Å². The fourth-order valence-electron chi connectivity index (χ4n) is 1.40. The van der Waals surface area contributed by atoms with Gasteiger partial charge in [-0.25, -0.2) is 13.4 Å². The summed E-state index contributed by atoms with van der Waals surface area (Å²) in [6, 6.07) is 3.05. The second-order valence-electron chi connectivity index (χ2n) is 3.51. The van der Waals surface area contributed by atoms with Crippen LogP contribution >= 0.6 is 50.5 Å². The monoisotopic (exact) mass is 416 g/mol. The molecular formula is C10H7BrCl2N2O3S2. The normalized spacial score (nSPS) is 11.4. The van der Waals surface area contributed by atoms with Crippen LogP contribution in [-0.4, -0.2) is 20.5 Å². The molecule has 0 bridgehead atoms. The van der Waals surface area contributed by atoms with Crippen LogP contribution < -0.4 is 9.46 Å². The first-order chi connectivity index (χ1) is 9.33. The molecule has 1 aromatic heterocycles. The third kappa shape index (κ3) is 3.37. The van der Waals surface area contributed by atoms with E-state index < -0.39 is 10.0 Å². The molecule has 0 saturated carbocycles. The van der Waals surface area contributed by atoms with Crippen molar-refractivity contribution in [3.8, 4) is 5.75 Å². The van der Waals surface area contributed by atoms with Crippen LogP contribution in [0.5, 0.6) is 5.75 Å². The quantitative estimate of drug-likeness (QED) is 0.815. The molecule has 1 heterocycles. The smallest absolute Gasteiger partial charge is 0.273 e. The Labute approximate surface area is 138 Å². The van der Waals surface area contributed by atoms with Crippen LogP contribution in [0, 0.1) is 0 Å². The van der Waals surface area contributed by atoms with Crippen LogP contribution in [0.4, 0.5) is 5.69 Å². The summed E-state index contributed by atoms with van der Waals surface area (Å²) in [6.45, 7) is 0. The minimum Gasteiger partial charge on any atom is -0.493 e. The first kappa shape index (κ1) is 15.8. The molecule has 0 fully saturated rings. The molecule has 0 aliphatic rings. The van der Waals surface area contributed by atoms with Gasteiger partial charge in [-0.3, -0.25) is 4.72 Å². The topological polar surface area (TPSA) is 68.3 Å². The highest BCUT2D eigenvalue weighted by molar-refractivity contribution is 9.10. The van der Waals surface area contributed by atoms with Gasteiger partial charge in [0.15, 0.2) is 14.4 Å². The number of benzene rings is 1. The van der Waals surface area contributed by atoms with Gasteiger partial charge in [0.2, 0.25) is 0 Å². The summed E-state index contributed by atoms with van der Waals surface area (Å²) < 4.78 is 32.6. The number of nitrogens with zero attached hydrogens (tertiary/aromatic N) is 1. The molecule has 0 amide bonds.